The molecule has 0 fully saturated rings. The number of aryl methyl sites for hydroxylation is 1. The van der Waals surface area contributed by atoms with E-state index in [2.05, 4.69) is 55.3 Å². The molecule has 4 heteroatoms. The van der Waals surface area contributed by atoms with Crippen LogP contribution in [0.15, 0.2) is 29.6 Å². The molecule has 1 N–H and O–H groups in total. The quantitative estimate of drug-likeness (QED) is 0.903. The number of benzene rings is 1. The molecule has 0 spiro atoms. The number of amides is 1. The number of aromatic nitrogens is 1. The van der Waals surface area contributed by atoms with Gasteiger partial charge in [-0.25, -0.2) is 4.98 Å². The van der Waals surface area contributed by atoms with E-state index in [-0.39, 0.29) is 17.2 Å². The Balaban J connectivity index is 1.67. The molecular formula is C18H22N2OS. The highest BCUT2D eigenvalue weighted by molar-refractivity contribution is 7.13. The normalized spacial score (nSPS) is 17.9. The lowest BCUT2D eigenvalue weighted by molar-refractivity contribution is -0.120. The van der Waals surface area contributed by atoms with E-state index in [0.29, 0.717) is 5.13 Å². The van der Waals surface area contributed by atoms with E-state index >= 15 is 0 Å². The predicted octanol–water partition coefficient (Wildman–Crippen LogP) is 4.18. The van der Waals surface area contributed by atoms with Crippen LogP contribution in [0.2, 0.25) is 0 Å². The molecule has 116 valence electrons. The van der Waals surface area contributed by atoms with Crippen molar-refractivity contribution in [2.24, 2.45) is 5.92 Å². The molecule has 22 heavy (non-hydrogen) atoms. The summed E-state index contributed by atoms with van der Waals surface area (Å²) in [5, 5.41) is 5.75. The van der Waals surface area contributed by atoms with Crippen LogP contribution < -0.4 is 5.32 Å². The maximum absolute atomic E-state index is 12.5. The summed E-state index contributed by atoms with van der Waals surface area (Å²) in [6, 6.07) is 8.42. The van der Waals surface area contributed by atoms with Crippen molar-refractivity contribution in [3.63, 3.8) is 0 Å². The Morgan fingerprint density at radius 1 is 1.27 bits per heavy atom. The molecule has 0 aliphatic heterocycles. The molecule has 1 aromatic carbocycles. The van der Waals surface area contributed by atoms with Gasteiger partial charge in [0.05, 0.1) is 5.69 Å². The molecule has 0 radical (unpaired) electrons. The van der Waals surface area contributed by atoms with Gasteiger partial charge in [0.15, 0.2) is 5.13 Å². The van der Waals surface area contributed by atoms with Crippen molar-refractivity contribution in [2.75, 3.05) is 5.32 Å². The van der Waals surface area contributed by atoms with Crippen LogP contribution in [-0.2, 0) is 23.1 Å². The lowest BCUT2D eigenvalue weighted by Crippen LogP contribution is -2.28. The van der Waals surface area contributed by atoms with Crippen molar-refractivity contribution < 1.29 is 4.79 Å². The zero-order chi connectivity index (χ0) is 15.7. The number of rotatable bonds is 2. The molecule has 1 aliphatic carbocycles. The summed E-state index contributed by atoms with van der Waals surface area (Å²) in [5.74, 6) is 0.154. The van der Waals surface area contributed by atoms with E-state index in [9.17, 15) is 4.79 Å². The van der Waals surface area contributed by atoms with E-state index in [4.69, 9.17) is 0 Å². The Labute approximate surface area is 135 Å². The van der Waals surface area contributed by atoms with Crippen LogP contribution in [0.3, 0.4) is 0 Å². The van der Waals surface area contributed by atoms with Crippen molar-refractivity contribution >= 4 is 22.4 Å². The SMILES string of the molecule is CC(C)(C)c1csc(NC(=O)C2CCc3ccccc3C2)n1. The van der Waals surface area contributed by atoms with E-state index in [1.54, 1.807) is 0 Å². The predicted molar refractivity (Wildman–Crippen MR) is 91.4 cm³/mol. The number of carbonyl (C=O) groups is 1. The second kappa shape index (κ2) is 5.84. The van der Waals surface area contributed by atoms with Crippen LogP contribution in [0, 0.1) is 5.92 Å². The fourth-order valence-electron chi connectivity index (χ4n) is 2.80. The van der Waals surface area contributed by atoms with Crippen LogP contribution in [0.5, 0.6) is 0 Å². The van der Waals surface area contributed by atoms with E-state index in [0.717, 1.165) is 25.0 Å². The number of hydrogen-bond donors (Lipinski definition) is 1. The second-order valence-corrected chi connectivity index (χ2v) is 7.84. The minimum atomic E-state index is 0.0171. The molecule has 0 saturated heterocycles. The van der Waals surface area contributed by atoms with Crippen LogP contribution in [0.25, 0.3) is 0 Å². The van der Waals surface area contributed by atoms with Crippen LogP contribution >= 0.6 is 11.3 Å². The second-order valence-electron chi connectivity index (χ2n) is 6.99. The number of anilines is 1. The molecule has 3 nitrogen and oxygen atoms in total. The molecule has 3 rings (SSSR count). The molecule has 0 bridgehead atoms. The van der Waals surface area contributed by atoms with Crippen molar-refractivity contribution in [3.05, 3.63) is 46.5 Å². The Morgan fingerprint density at radius 2 is 2.00 bits per heavy atom. The van der Waals surface area contributed by atoms with Crippen LogP contribution in [0.1, 0.15) is 44.0 Å². The highest BCUT2D eigenvalue weighted by Gasteiger charge is 2.25. The highest BCUT2D eigenvalue weighted by Crippen LogP contribution is 2.29. The van der Waals surface area contributed by atoms with Gasteiger partial charge in [-0.1, -0.05) is 45.0 Å². The molecule has 1 aromatic heterocycles. The lowest BCUT2D eigenvalue weighted by atomic mass is 9.83. The van der Waals surface area contributed by atoms with Crippen molar-refractivity contribution in [3.8, 4) is 0 Å². The standard InChI is InChI=1S/C18H22N2OS/c1-18(2,3)15-11-22-17(19-15)20-16(21)14-9-8-12-6-4-5-7-13(12)10-14/h4-7,11,14H,8-10H2,1-3H3,(H,19,20,21). The van der Waals surface area contributed by atoms with E-state index < -0.39 is 0 Å². The number of nitrogens with zero attached hydrogens (tertiary/aromatic N) is 1. The first-order valence-corrected chi connectivity index (χ1v) is 8.65. The Morgan fingerprint density at radius 3 is 2.68 bits per heavy atom. The number of carbonyl (C=O) groups excluding carboxylic acids is 1. The summed E-state index contributed by atoms with van der Waals surface area (Å²) in [5.41, 5.74) is 3.74. The van der Waals surface area contributed by atoms with Gasteiger partial charge in [-0.3, -0.25) is 4.79 Å². The minimum Gasteiger partial charge on any atom is -0.302 e. The van der Waals surface area contributed by atoms with Crippen molar-refractivity contribution in [1.82, 2.24) is 4.98 Å². The van der Waals surface area contributed by atoms with Gasteiger partial charge in [0.2, 0.25) is 5.91 Å². The van der Waals surface area contributed by atoms with Crippen molar-refractivity contribution in [2.45, 2.75) is 45.4 Å². The summed E-state index contributed by atoms with van der Waals surface area (Å²) in [7, 11) is 0. The first-order valence-electron chi connectivity index (χ1n) is 7.77. The average Bonchev–Trinajstić information content (AvgIpc) is 2.95. The Kier molecular flexibility index (Phi) is 4.04. The molecule has 1 aliphatic rings. The zero-order valence-corrected chi connectivity index (χ0v) is 14.2. The Bertz CT molecular complexity index is 684. The van der Waals surface area contributed by atoms with E-state index in [1.807, 2.05) is 5.38 Å². The summed E-state index contributed by atoms with van der Waals surface area (Å²) in [4.78, 5) is 17.0. The molecule has 2 aromatic rings. The van der Waals surface area contributed by atoms with E-state index in [1.165, 1.54) is 22.5 Å². The molecular weight excluding hydrogens is 292 g/mol. The topological polar surface area (TPSA) is 42.0 Å². The summed E-state index contributed by atoms with van der Waals surface area (Å²) in [6.07, 6.45) is 2.74. The lowest BCUT2D eigenvalue weighted by Gasteiger charge is -2.23. The largest absolute Gasteiger partial charge is 0.302 e. The van der Waals surface area contributed by atoms with Crippen molar-refractivity contribution in [1.29, 1.82) is 0 Å². The van der Waals surface area contributed by atoms with Gasteiger partial charge in [-0.05, 0) is 30.4 Å². The summed E-state index contributed by atoms with van der Waals surface area (Å²) < 4.78 is 0. The minimum absolute atomic E-state index is 0.0171. The van der Waals surface area contributed by atoms with Gasteiger partial charge in [0.1, 0.15) is 0 Å². The van der Waals surface area contributed by atoms with Crippen LogP contribution in [-0.4, -0.2) is 10.9 Å². The fourth-order valence-corrected chi connectivity index (χ4v) is 3.74. The number of nitrogens with one attached hydrogen (secondary N) is 1. The molecule has 1 heterocycles. The van der Waals surface area contributed by atoms with Gasteiger partial charge >= 0.3 is 0 Å². The number of hydrogen-bond acceptors (Lipinski definition) is 3. The summed E-state index contributed by atoms with van der Waals surface area (Å²) >= 11 is 1.51. The molecule has 0 saturated carbocycles. The van der Waals surface area contributed by atoms with Gasteiger partial charge in [-0.2, -0.15) is 0 Å². The van der Waals surface area contributed by atoms with Crippen LogP contribution in [0.4, 0.5) is 5.13 Å². The average molecular weight is 314 g/mol. The van der Waals surface area contributed by atoms with Gasteiger partial charge in [0, 0.05) is 16.7 Å². The summed E-state index contributed by atoms with van der Waals surface area (Å²) in [6.45, 7) is 6.39. The molecule has 1 unspecified atom stereocenters. The van der Waals surface area contributed by atoms with Gasteiger partial charge in [0.25, 0.3) is 0 Å². The third kappa shape index (κ3) is 3.22. The zero-order valence-electron chi connectivity index (χ0n) is 13.3. The molecule has 1 amide bonds. The fraction of sp³-hybridized carbons (Fsp3) is 0.444. The first-order chi connectivity index (χ1) is 10.4. The Hall–Kier alpha value is -1.68. The number of thiazole rings is 1. The third-order valence-electron chi connectivity index (χ3n) is 4.22. The first kappa shape index (κ1) is 15.2. The maximum atomic E-state index is 12.5. The smallest absolute Gasteiger partial charge is 0.229 e. The van der Waals surface area contributed by atoms with Gasteiger partial charge in [-0.15, -0.1) is 11.3 Å². The third-order valence-corrected chi connectivity index (χ3v) is 4.98. The number of fused-ring (bicyclic) bond motifs is 1. The van der Waals surface area contributed by atoms with Gasteiger partial charge < -0.3 is 5.32 Å². The monoisotopic (exact) mass is 314 g/mol. The molecule has 1 atom stereocenters. The highest BCUT2D eigenvalue weighted by atomic mass is 32.1. The maximum Gasteiger partial charge on any atom is 0.229 e.